The zero-order chi connectivity index (χ0) is 9.10. The van der Waals surface area contributed by atoms with E-state index in [-0.39, 0.29) is 0 Å². The summed E-state index contributed by atoms with van der Waals surface area (Å²) in [5.41, 5.74) is 0. The minimum Gasteiger partial charge on any atom is -0.311 e. The highest BCUT2D eigenvalue weighted by molar-refractivity contribution is 7.09. The first-order valence-electron chi connectivity index (χ1n) is 4.65. The summed E-state index contributed by atoms with van der Waals surface area (Å²) in [6.45, 7) is 3.40. The molecule has 0 radical (unpaired) electrons. The largest absolute Gasteiger partial charge is 0.311 e. The van der Waals surface area contributed by atoms with Gasteiger partial charge in [0.2, 0.25) is 0 Å². The van der Waals surface area contributed by atoms with Crippen LogP contribution >= 0.6 is 11.3 Å². The predicted molar refractivity (Wildman–Crippen MR) is 55.1 cm³/mol. The van der Waals surface area contributed by atoms with Crippen molar-refractivity contribution >= 4 is 11.3 Å². The van der Waals surface area contributed by atoms with Crippen LogP contribution in [0.3, 0.4) is 0 Å². The van der Waals surface area contributed by atoms with Crippen LogP contribution < -0.4 is 5.32 Å². The molecular formula is C9H15N3S. The Balaban J connectivity index is 1.87. The molecule has 1 atom stereocenters. The Bertz CT molecular complexity index is 247. The predicted octanol–water partition coefficient (Wildman–Crippen LogP) is 0.589. The Hall–Kier alpha value is -0.450. The molecule has 2 heterocycles. The number of hydrogen-bond donors (Lipinski definition) is 1. The van der Waals surface area contributed by atoms with E-state index < -0.39 is 0 Å². The Labute approximate surface area is 82.8 Å². The third kappa shape index (κ3) is 2.49. The van der Waals surface area contributed by atoms with Crippen LogP contribution in [0.5, 0.6) is 0 Å². The molecule has 0 spiro atoms. The Morgan fingerprint density at radius 2 is 2.69 bits per heavy atom. The maximum absolute atomic E-state index is 4.30. The summed E-state index contributed by atoms with van der Waals surface area (Å²) in [7, 11) is 2.18. The number of thiazole rings is 1. The van der Waals surface area contributed by atoms with Gasteiger partial charge >= 0.3 is 0 Å². The highest BCUT2D eigenvalue weighted by Gasteiger charge is 2.17. The van der Waals surface area contributed by atoms with Crippen molar-refractivity contribution in [1.29, 1.82) is 0 Å². The van der Waals surface area contributed by atoms with E-state index in [9.17, 15) is 0 Å². The number of piperazine rings is 1. The van der Waals surface area contributed by atoms with E-state index in [0.717, 1.165) is 26.1 Å². The first kappa shape index (κ1) is 9.12. The quantitative estimate of drug-likeness (QED) is 0.752. The van der Waals surface area contributed by atoms with Crippen molar-refractivity contribution in [1.82, 2.24) is 15.2 Å². The lowest BCUT2D eigenvalue weighted by Crippen LogP contribution is -2.49. The molecule has 2 rings (SSSR count). The molecule has 0 saturated carbocycles. The Morgan fingerprint density at radius 3 is 3.38 bits per heavy atom. The van der Waals surface area contributed by atoms with Gasteiger partial charge in [0.15, 0.2) is 0 Å². The molecule has 0 aliphatic carbocycles. The van der Waals surface area contributed by atoms with E-state index in [4.69, 9.17) is 0 Å². The van der Waals surface area contributed by atoms with Gasteiger partial charge in [-0.15, -0.1) is 11.3 Å². The second-order valence-corrected chi connectivity index (χ2v) is 4.52. The van der Waals surface area contributed by atoms with Crippen LogP contribution in [0.2, 0.25) is 0 Å². The van der Waals surface area contributed by atoms with Crippen LogP contribution in [0.15, 0.2) is 11.6 Å². The summed E-state index contributed by atoms with van der Waals surface area (Å²) in [4.78, 5) is 6.67. The molecule has 13 heavy (non-hydrogen) atoms. The van der Waals surface area contributed by atoms with Gasteiger partial charge in [-0.3, -0.25) is 0 Å². The molecule has 3 nitrogen and oxygen atoms in total. The summed E-state index contributed by atoms with van der Waals surface area (Å²) in [6, 6.07) is 0.588. The van der Waals surface area contributed by atoms with Gasteiger partial charge in [0.25, 0.3) is 0 Å². The molecular weight excluding hydrogens is 182 g/mol. The molecule has 0 bridgehead atoms. The van der Waals surface area contributed by atoms with Gasteiger partial charge in [0.1, 0.15) is 0 Å². The zero-order valence-corrected chi connectivity index (χ0v) is 8.68. The second-order valence-electron chi connectivity index (χ2n) is 3.54. The maximum Gasteiger partial charge on any atom is 0.0940 e. The minimum atomic E-state index is 0.588. The molecule has 72 valence electrons. The van der Waals surface area contributed by atoms with E-state index in [1.54, 1.807) is 11.3 Å². The Morgan fingerprint density at radius 1 is 1.77 bits per heavy atom. The van der Waals surface area contributed by atoms with Crippen LogP contribution in [0.1, 0.15) is 5.01 Å². The highest BCUT2D eigenvalue weighted by Crippen LogP contribution is 2.09. The van der Waals surface area contributed by atoms with Gasteiger partial charge in [-0.1, -0.05) is 0 Å². The number of aromatic nitrogens is 1. The van der Waals surface area contributed by atoms with Crippen LogP contribution in [-0.2, 0) is 6.42 Å². The van der Waals surface area contributed by atoms with Crippen LogP contribution in [0.4, 0.5) is 0 Å². The number of nitrogens with one attached hydrogen (secondary N) is 1. The number of nitrogens with zero attached hydrogens (tertiary/aromatic N) is 2. The van der Waals surface area contributed by atoms with E-state index in [2.05, 4.69) is 22.2 Å². The second kappa shape index (κ2) is 4.17. The van der Waals surface area contributed by atoms with Crippen molar-refractivity contribution in [2.24, 2.45) is 0 Å². The van der Waals surface area contributed by atoms with Gasteiger partial charge in [0, 0.05) is 43.7 Å². The van der Waals surface area contributed by atoms with E-state index >= 15 is 0 Å². The van der Waals surface area contributed by atoms with Gasteiger partial charge < -0.3 is 10.2 Å². The molecule has 1 unspecified atom stereocenters. The third-order valence-corrected chi connectivity index (χ3v) is 3.17. The summed E-state index contributed by atoms with van der Waals surface area (Å²) >= 11 is 1.75. The maximum atomic E-state index is 4.30. The normalized spacial score (nSPS) is 24.8. The molecule has 1 fully saturated rings. The van der Waals surface area contributed by atoms with Gasteiger partial charge in [0.05, 0.1) is 5.01 Å². The van der Waals surface area contributed by atoms with Crippen molar-refractivity contribution in [3.8, 4) is 0 Å². The third-order valence-electron chi connectivity index (χ3n) is 2.36. The molecule has 1 aliphatic heterocycles. The van der Waals surface area contributed by atoms with Crippen molar-refractivity contribution in [3.63, 3.8) is 0 Å². The first-order valence-corrected chi connectivity index (χ1v) is 5.53. The SMILES string of the molecule is CN1CCNC(Cc2nccs2)C1. The fourth-order valence-electron chi connectivity index (χ4n) is 1.69. The Kier molecular flexibility index (Phi) is 2.93. The van der Waals surface area contributed by atoms with Crippen molar-refractivity contribution in [2.75, 3.05) is 26.7 Å². The van der Waals surface area contributed by atoms with E-state index in [1.807, 2.05) is 11.6 Å². The van der Waals surface area contributed by atoms with Crippen LogP contribution in [0, 0.1) is 0 Å². The lowest BCUT2D eigenvalue weighted by molar-refractivity contribution is 0.238. The van der Waals surface area contributed by atoms with Gasteiger partial charge in [-0.05, 0) is 7.05 Å². The molecule has 0 amide bonds. The molecule has 0 aromatic carbocycles. The average Bonchev–Trinajstić information content (AvgIpc) is 2.57. The van der Waals surface area contributed by atoms with E-state index in [1.165, 1.54) is 5.01 Å². The first-order chi connectivity index (χ1) is 6.34. The average molecular weight is 197 g/mol. The smallest absolute Gasteiger partial charge is 0.0940 e. The molecule has 1 N–H and O–H groups in total. The van der Waals surface area contributed by atoms with Gasteiger partial charge in [-0.2, -0.15) is 0 Å². The summed E-state index contributed by atoms with van der Waals surface area (Å²) in [5, 5.41) is 6.80. The molecule has 1 saturated heterocycles. The molecule has 1 aromatic rings. The van der Waals surface area contributed by atoms with Crippen molar-refractivity contribution in [2.45, 2.75) is 12.5 Å². The standard InChI is InChI=1S/C9H15N3S/c1-12-4-2-10-8(7-12)6-9-11-3-5-13-9/h3,5,8,10H,2,4,6-7H2,1H3. The van der Waals surface area contributed by atoms with E-state index in [0.29, 0.717) is 6.04 Å². The summed E-state index contributed by atoms with van der Waals surface area (Å²) < 4.78 is 0. The van der Waals surface area contributed by atoms with Crippen molar-refractivity contribution < 1.29 is 0 Å². The molecule has 1 aliphatic rings. The summed E-state index contributed by atoms with van der Waals surface area (Å²) in [5.74, 6) is 0. The van der Waals surface area contributed by atoms with Crippen LogP contribution in [-0.4, -0.2) is 42.6 Å². The fourth-order valence-corrected chi connectivity index (χ4v) is 2.39. The fraction of sp³-hybridized carbons (Fsp3) is 0.667. The zero-order valence-electron chi connectivity index (χ0n) is 7.86. The van der Waals surface area contributed by atoms with Gasteiger partial charge in [-0.25, -0.2) is 4.98 Å². The summed E-state index contributed by atoms with van der Waals surface area (Å²) in [6.07, 6.45) is 2.95. The lowest BCUT2D eigenvalue weighted by Gasteiger charge is -2.30. The number of hydrogen-bond acceptors (Lipinski definition) is 4. The lowest BCUT2D eigenvalue weighted by atomic mass is 10.1. The molecule has 1 aromatic heterocycles. The van der Waals surface area contributed by atoms with Crippen molar-refractivity contribution in [3.05, 3.63) is 16.6 Å². The topological polar surface area (TPSA) is 28.2 Å². The number of likely N-dealkylation sites (N-methyl/N-ethyl adjacent to an activating group) is 1. The molecule has 4 heteroatoms. The minimum absolute atomic E-state index is 0.588. The van der Waals surface area contributed by atoms with Crippen LogP contribution in [0.25, 0.3) is 0 Å². The highest BCUT2D eigenvalue weighted by atomic mass is 32.1. The number of rotatable bonds is 2. The monoisotopic (exact) mass is 197 g/mol.